The molecule has 3 nitrogen and oxygen atoms in total. The molecule has 0 aliphatic carbocycles. The average molecular weight is 289 g/mol. The van der Waals surface area contributed by atoms with Crippen molar-refractivity contribution in [1.82, 2.24) is 0 Å². The monoisotopic (exact) mass is 289 g/mol. The van der Waals surface area contributed by atoms with Crippen molar-refractivity contribution in [3.8, 4) is 0 Å². The number of hydrogen-bond acceptors (Lipinski definition) is 3. The van der Waals surface area contributed by atoms with Crippen LogP contribution >= 0.6 is 0 Å². The van der Waals surface area contributed by atoms with Crippen LogP contribution in [0.1, 0.15) is 22.3 Å². The molecule has 2 rings (SSSR count). The molecule has 0 aliphatic heterocycles. The molecule has 2 aromatic carbocycles. The number of hydrogen-bond donors (Lipinski definition) is 1. The minimum Gasteiger partial charge on any atom is -0.398 e. The third kappa shape index (κ3) is 3.02. The molecule has 0 bridgehead atoms. The summed E-state index contributed by atoms with van der Waals surface area (Å²) >= 11 is 0. The predicted molar refractivity (Wildman–Crippen MR) is 82.4 cm³/mol. The Hall–Kier alpha value is -1.81. The number of nitrogens with two attached hydrogens (primary N) is 1. The smallest absolute Gasteiger partial charge is 0.184 e. The van der Waals surface area contributed by atoms with Gasteiger partial charge in [-0.15, -0.1) is 0 Å². The normalized spacial score (nSPS) is 11.6. The molecule has 0 aliphatic rings. The quantitative estimate of drug-likeness (QED) is 0.883. The Labute approximate surface area is 120 Å². The second kappa shape index (κ2) is 5.29. The highest BCUT2D eigenvalue weighted by atomic mass is 32.2. The minimum absolute atomic E-state index is 0.0201. The van der Waals surface area contributed by atoms with Crippen LogP contribution in [0.4, 0.5) is 5.69 Å². The number of nitrogen functional groups attached to an aromatic ring is 1. The van der Waals surface area contributed by atoms with Crippen molar-refractivity contribution in [2.75, 3.05) is 5.73 Å². The van der Waals surface area contributed by atoms with Gasteiger partial charge in [-0.1, -0.05) is 29.8 Å². The Morgan fingerprint density at radius 2 is 1.55 bits per heavy atom. The van der Waals surface area contributed by atoms with Crippen molar-refractivity contribution in [1.29, 1.82) is 0 Å². The number of sulfone groups is 1. The summed E-state index contributed by atoms with van der Waals surface area (Å²) in [6, 6.07) is 10.9. The third-order valence-corrected chi connectivity index (χ3v) is 5.08. The number of rotatable bonds is 3. The molecule has 0 saturated heterocycles. The lowest BCUT2D eigenvalue weighted by atomic mass is 10.1. The molecule has 0 saturated carbocycles. The van der Waals surface area contributed by atoms with Gasteiger partial charge in [-0.25, -0.2) is 8.42 Å². The van der Waals surface area contributed by atoms with Crippen molar-refractivity contribution in [3.63, 3.8) is 0 Å². The molecule has 0 unspecified atom stereocenters. The van der Waals surface area contributed by atoms with E-state index in [1.807, 2.05) is 39.0 Å². The molecule has 0 spiro atoms. The minimum atomic E-state index is -3.43. The Bertz CT molecular complexity index is 749. The highest BCUT2D eigenvalue weighted by molar-refractivity contribution is 7.90. The van der Waals surface area contributed by atoms with E-state index >= 15 is 0 Å². The van der Waals surface area contributed by atoms with Crippen molar-refractivity contribution < 1.29 is 8.42 Å². The van der Waals surface area contributed by atoms with Crippen LogP contribution in [0.3, 0.4) is 0 Å². The Morgan fingerprint density at radius 3 is 2.20 bits per heavy atom. The Kier molecular flexibility index (Phi) is 3.86. The predicted octanol–water partition coefficient (Wildman–Crippen LogP) is 3.17. The van der Waals surface area contributed by atoms with E-state index in [2.05, 4.69) is 0 Å². The van der Waals surface area contributed by atoms with Gasteiger partial charge in [0.15, 0.2) is 9.84 Å². The summed E-state index contributed by atoms with van der Waals surface area (Å²) in [4.78, 5) is 0.212. The van der Waals surface area contributed by atoms with Crippen LogP contribution in [-0.4, -0.2) is 8.42 Å². The van der Waals surface area contributed by atoms with E-state index in [-0.39, 0.29) is 10.6 Å². The standard InChI is InChI=1S/C16H19NO2S/c1-11-4-6-13(3)14(8-11)10-20(18,19)16-7-5-12(2)9-15(16)17/h4-9H,10,17H2,1-3H3. The fraction of sp³-hybridized carbons (Fsp3) is 0.250. The van der Waals surface area contributed by atoms with Crippen LogP contribution in [0, 0.1) is 20.8 Å². The van der Waals surface area contributed by atoms with E-state index in [1.165, 1.54) is 0 Å². The van der Waals surface area contributed by atoms with Crippen LogP contribution in [0.5, 0.6) is 0 Å². The van der Waals surface area contributed by atoms with Gasteiger partial charge in [0.05, 0.1) is 16.3 Å². The molecule has 106 valence electrons. The highest BCUT2D eigenvalue weighted by Gasteiger charge is 2.19. The number of anilines is 1. The van der Waals surface area contributed by atoms with E-state index in [1.54, 1.807) is 18.2 Å². The molecule has 0 amide bonds. The van der Waals surface area contributed by atoms with Crippen LogP contribution in [0.15, 0.2) is 41.3 Å². The number of aryl methyl sites for hydroxylation is 3. The summed E-state index contributed by atoms with van der Waals surface area (Å²) in [5, 5.41) is 0. The van der Waals surface area contributed by atoms with Gasteiger partial charge in [-0.2, -0.15) is 0 Å². The fourth-order valence-corrected chi connectivity index (χ4v) is 3.76. The van der Waals surface area contributed by atoms with Gasteiger partial charge in [0.25, 0.3) is 0 Å². The van der Waals surface area contributed by atoms with E-state index in [0.717, 1.165) is 22.3 Å². The van der Waals surface area contributed by atoms with Crippen molar-refractivity contribution in [2.24, 2.45) is 0 Å². The second-order valence-electron chi connectivity index (χ2n) is 5.23. The van der Waals surface area contributed by atoms with E-state index in [9.17, 15) is 8.42 Å². The zero-order valence-electron chi connectivity index (χ0n) is 12.0. The lowest BCUT2D eigenvalue weighted by Gasteiger charge is -2.11. The lowest BCUT2D eigenvalue weighted by molar-refractivity contribution is 0.595. The molecule has 0 radical (unpaired) electrons. The van der Waals surface area contributed by atoms with Gasteiger partial charge in [0, 0.05) is 0 Å². The first-order valence-electron chi connectivity index (χ1n) is 6.44. The molecular formula is C16H19NO2S. The van der Waals surface area contributed by atoms with E-state index in [0.29, 0.717) is 5.69 Å². The topological polar surface area (TPSA) is 60.2 Å². The summed E-state index contributed by atoms with van der Waals surface area (Å²) in [6.07, 6.45) is 0. The summed E-state index contributed by atoms with van der Waals surface area (Å²) in [5.41, 5.74) is 9.97. The van der Waals surface area contributed by atoms with E-state index < -0.39 is 9.84 Å². The first-order valence-corrected chi connectivity index (χ1v) is 8.10. The van der Waals surface area contributed by atoms with Gasteiger partial charge in [0.1, 0.15) is 0 Å². The Balaban J connectivity index is 2.43. The molecule has 2 N–H and O–H groups in total. The van der Waals surface area contributed by atoms with Crippen molar-refractivity contribution >= 4 is 15.5 Å². The molecule has 0 fully saturated rings. The molecule has 20 heavy (non-hydrogen) atoms. The largest absolute Gasteiger partial charge is 0.398 e. The summed E-state index contributed by atoms with van der Waals surface area (Å²) < 4.78 is 25.0. The van der Waals surface area contributed by atoms with Gasteiger partial charge >= 0.3 is 0 Å². The molecule has 2 aromatic rings. The summed E-state index contributed by atoms with van der Waals surface area (Å²) in [6.45, 7) is 5.76. The van der Waals surface area contributed by atoms with Crippen LogP contribution < -0.4 is 5.73 Å². The second-order valence-corrected chi connectivity index (χ2v) is 7.19. The van der Waals surface area contributed by atoms with Gasteiger partial charge in [-0.3, -0.25) is 0 Å². The van der Waals surface area contributed by atoms with Crippen LogP contribution in [-0.2, 0) is 15.6 Å². The summed E-state index contributed by atoms with van der Waals surface area (Å²) in [5.74, 6) is -0.0201. The first-order chi connectivity index (χ1) is 9.29. The molecule has 0 atom stereocenters. The Morgan fingerprint density at radius 1 is 0.950 bits per heavy atom. The van der Waals surface area contributed by atoms with Crippen LogP contribution in [0.25, 0.3) is 0 Å². The molecular weight excluding hydrogens is 270 g/mol. The first kappa shape index (κ1) is 14.6. The SMILES string of the molecule is Cc1ccc(S(=O)(=O)Cc2cc(C)ccc2C)c(N)c1. The highest BCUT2D eigenvalue weighted by Crippen LogP contribution is 2.25. The third-order valence-electron chi connectivity index (χ3n) is 3.35. The molecule has 0 aromatic heterocycles. The zero-order chi connectivity index (χ0) is 14.9. The van der Waals surface area contributed by atoms with Crippen molar-refractivity contribution in [2.45, 2.75) is 31.4 Å². The van der Waals surface area contributed by atoms with Crippen molar-refractivity contribution in [3.05, 3.63) is 58.7 Å². The van der Waals surface area contributed by atoms with E-state index in [4.69, 9.17) is 5.73 Å². The fourth-order valence-electron chi connectivity index (χ4n) is 2.19. The molecule has 0 heterocycles. The maximum atomic E-state index is 12.5. The van der Waals surface area contributed by atoms with Gasteiger partial charge in [0.2, 0.25) is 0 Å². The number of benzene rings is 2. The van der Waals surface area contributed by atoms with Crippen LogP contribution in [0.2, 0.25) is 0 Å². The van der Waals surface area contributed by atoms with Gasteiger partial charge < -0.3 is 5.73 Å². The molecule has 4 heteroatoms. The lowest BCUT2D eigenvalue weighted by Crippen LogP contribution is -2.09. The summed E-state index contributed by atoms with van der Waals surface area (Å²) in [7, 11) is -3.43. The van der Waals surface area contributed by atoms with Gasteiger partial charge in [-0.05, 0) is 49.6 Å². The average Bonchev–Trinajstić information content (AvgIpc) is 2.33. The maximum Gasteiger partial charge on any atom is 0.184 e. The maximum absolute atomic E-state index is 12.5. The zero-order valence-corrected chi connectivity index (χ0v) is 12.8.